The highest BCUT2D eigenvalue weighted by Crippen LogP contribution is 2.24. The van der Waals surface area contributed by atoms with E-state index in [9.17, 15) is 19.2 Å². The van der Waals surface area contributed by atoms with Gasteiger partial charge in [0.25, 0.3) is 17.7 Å². The molecule has 0 saturated carbocycles. The summed E-state index contributed by atoms with van der Waals surface area (Å²) < 4.78 is 5.48. The number of ketones is 1. The van der Waals surface area contributed by atoms with E-state index in [0.29, 0.717) is 28.1 Å². The zero-order valence-corrected chi connectivity index (χ0v) is 16.6. The lowest BCUT2D eigenvalue weighted by Crippen LogP contribution is -2.24. The Hall–Kier alpha value is -4.26. The molecule has 4 rings (SSSR count). The lowest BCUT2D eigenvalue weighted by atomic mass is 10.0. The number of nitrogens with one attached hydrogen (secondary N) is 1. The van der Waals surface area contributed by atoms with Crippen molar-refractivity contribution in [3.05, 3.63) is 95.1 Å². The van der Waals surface area contributed by atoms with Gasteiger partial charge in [0, 0.05) is 23.9 Å². The van der Waals surface area contributed by atoms with Gasteiger partial charge in [0.15, 0.2) is 12.4 Å². The van der Waals surface area contributed by atoms with Crippen molar-refractivity contribution in [3.8, 4) is 5.75 Å². The minimum Gasteiger partial charge on any atom is -0.484 e. The van der Waals surface area contributed by atoms with Crippen molar-refractivity contribution in [2.75, 3.05) is 19.0 Å². The van der Waals surface area contributed by atoms with Crippen molar-refractivity contribution in [2.24, 2.45) is 0 Å². The fourth-order valence-corrected chi connectivity index (χ4v) is 3.24. The average Bonchev–Trinajstić information content (AvgIpc) is 3.02. The Morgan fingerprint density at radius 1 is 0.839 bits per heavy atom. The highest BCUT2D eigenvalue weighted by molar-refractivity contribution is 6.21. The molecule has 0 radical (unpaired) electrons. The maximum absolute atomic E-state index is 12.4. The fourth-order valence-electron chi connectivity index (χ4n) is 3.24. The SMILES string of the molecule is CN1C(=O)c2ccc(NC(=O)COc3ccc(C(=O)c4ccccc4)cc3)cc2C1=O. The Balaban J connectivity index is 1.35. The number of rotatable bonds is 6. The van der Waals surface area contributed by atoms with Crippen LogP contribution in [0.3, 0.4) is 0 Å². The zero-order valence-electron chi connectivity index (χ0n) is 16.6. The van der Waals surface area contributed by atoms with Crippen LogP contribution in [-0.4, -0.2) is 42.1 Å². The molecule has 0 bridgehead atoms. The molecule has 7 heteroatoms. The highest BCUT2D eigenvalue weighted by Gasteiger charge is 2.32. The highest BCUT2D eigenvalue weighted by atomic mass is 16.5. The van der Waals surface area contributed by atoms with Gasteiger partial charge in [0.1, 0.15) is 5.75 Å². The van der Waals surface area contributed by atoms with Gasteiger partial charge < -0.3 is 10.1 Å². The van der Waals surface area contributed by atoms with Gasteiger partial charge >= 0.3 is 0 Å². The molecule has 1 N–H and O–H groups in total. The summed E-state index contributed by atoms with van der Waals surface area (Å²) in [7, 11) is 1.41. The third kappa shape index (κ3) is 4.06. The Labute approximate surface area is 178 Å². The second kappa shape index (κ2) is 8.23. The Bertz CT molecular complexity index is 1190. The molecule has 3 aromatic carbocycles. The molecular formula is C24H18N2O5. The number of hydrogen-bond acceptors (Lipinski definition) is 5. The molecule has 3 aromatic rings. The van der Waals surface area contributed by atoms with Crippen LogP contribution in [0, 0.1) is 0 Å². The number of fused-ring (bicyclic) bond motifs is 1. The first-order chi connectivity index (χ1) is 14.9. The van der Waals surface area contributed by atoms with E-state index in [-0.39, 0.29) is 23.9 Å². The van der Waals surface area contributed by atoms with Crippen molar-refractivity contribution >= 4 is 29.2 Å². The fraction of sp³-hybridized carbons (Fsp3) is 0.0833. The van der Waals surface area contributed by atoms with E-state index in [4.69, 9.17) is 4.74 Å². The van der Waals surface area contributed by atoms with Crippen molar-refractivity contribution in [3.63, 3.8) is 0 Å². The van der Waals surface area contributed by atoms with E-state index in [2.05, 4.69) is 5.32 Å². The van der Waals surface area contributed by atoms with Gasteiger partial charge in [-0.2, -0.15) is 0 Å². The number of carbonyl (C=O) groups is 4. The number of imide groups is 1. The first-order valence-corrected chi connectivity index (χ1v) is 9.53. The van der Waals surface area contributed by atoms with Gasteiger partial charge in [0.2, 0.25) is 0 Å². The number of hydrogen-bond donors (Lipinski definition) is 1. The van der Waals surface area contributed by atoms with Crippen LogP contribution in [0.5, 0.6) is 5.75 Å². The quantitative estimate of drug-likeness (QED) is 0.494. The molecule has 0 unspecified atom stereocenters. The van der Waals surface area contributed by atoms with Crippen LogP contribution in [0.2, 0.25) is 0 Å². The third-order valence-corrected chi connectivity index (χ3v) is 4.90. The summed E-state index contributed by atoms with van der Waals surface area (Å²) in [6, 6.07) is 20.0. The minimum atomic E-state index is -0.422. The second-order valence-corrected chi connectivity index (χ2v) is 6.99. The average molecular weight is 414 g/mol. The first-order valence-electron chi connectivity index (χ1n) is 9.53. The molecule has 0 fully saturated rings. The monoisotopic (exact) mass is 414 g/mol. The van der Waals surface area contributed by atoms with Crippen LogP contribution in [0.25, 0.3) is 0 Å². The summed E-state index contributed by atoms with van der Waals surface area (Å²) in [6.07, 6.45) is 0. The van der Waals surface area contributed by atoms with Crippen LogP contribution in [0.15, 0.2) is 72.8 Å². The van der Waals surface area contributed by atoms with Gasteiger partial charge in [-0.1, -0.05) is 30.3 Å². The summed E-state index contributed by atoms with van der Waals surface area (Å²) in [5, 5.41) is 2.64. The molecule has 0 aromatic heterocycles. The molecule has 0 saturated heterocycles. The van der Waals surface area contributed by atoms with Gasteiger partial charge in [0.05, 0.1) is 11.1 Å². The zero-order chi connectivity index (χ0) is 22.0. The maximum atomic E-state index is 12.4. The van der Waals surface area contributed by atoms with E-state index in [1.807, 2.05) is 6.07 Å². The summed E-state index contributed by atoms with van der Waals surface area (Å²) in [5.41, 5.74) is 2.07. The minimum absolute atomic E-state index is 0.0971. The number of carbonyl (C=O) groups excluding carboxylic acids is 4. The number of ether oxygens (including phenoxy) is 1. The number of benzene rings is 3. The first kappa shape index (κ1) is 20.0. The van der Waals surface area contributed by atoms with Crippen LogP contribution in [-0.2, 0) is 4.79 Å². The van der Waals surface area contributed by atoms with Gasteiger partial charge in [-0.15, -0.1) is 0 Å². The van der Waals surface area contributed by atoms with Crippen LogP contribution in [0.1, 0.15) is 36.6 Å². The second-order valence-electron chi connectivity index (χ2n) is 6.99. The maximum Gasteiger partial charge on any atom is 0.262 e. The molecule has 0 atom stereocenters. The molecule has 3 amide bonds. The van der Waals surface area contributed by atoms with Crippen molar-refractivity contribution in [1.29, 1.82) is 0 Å². The summed E-state index contributed by atoms with van der Waals surface area (Å²) in [5.74, 6) is -0.848. The van der Waals surface area contributed by atoms with Crippen LogP contribution >= 0.6 is 0 Å². The largest absolute Gasteiger partial charge is 0.484 e. The van der Waals surface area contributed by atoms with Crippen LogP contribution in [0.4, 0.5) is 5.69 Å². The number of anilines is 1. The lowest BCUT2D eigenvalue weighted by Gasteiger charge is -2.09. The summed E-state index contributed by atoms with van der Waals surface area (Å²) in [6.45, 7) is -0.254. The Morgan fingerprint density at radius 2 is 1.48 bits per heavy atom. The summed E-state index contributed by atoms with van der Waals surface area (Å²) >= 11 is 0. The molecular weight excluding hydrogens is 396 g/mol. The normalized spacial score (nSPS) is 12.5. The van der Waals surface area contributed by atoms with E-state index in [1.165, 1.54) is 19.2 Å². The molecule has 0 spiro atoms. The molecule has 1 heterocycles. The van der Waals surface area contributed by atoms with Gasteiger partial charge in [-0.05, 0) is 42.5 Å². The van der Waals surface area contributed by atoms with Gasteiger partial charge in [-0.3, -0.25) is 24.1 Å². The molecule has 7 nitrogen and oxygen atoms in total. The van der Waals surface area contributed by atoms with Crippen molar-refractivity contribution in [2.45, 2.75) is 0 Å². The molecule has 1 aliphatic rings. The summed E-state index contributed by atoms with van der Waals surface area (Å²) in [4.78, 5) is 49.6. The predicted molar refractivity (Wildman–Crippen MR) is 113 cm³/mol. The number of nitrogens with zero attached hydrogens (tertiary/aromatic N) is 1. The topological polar surface area (TPSA) is 92.8 Å². The van der Waals surface area contributed by atoms with Crippen molar-refractivity contribution in [1.82, 2.24) is 4.90 Å². The van der Waals surface area contributed by atoms with E-state index in [1.54, 1.807) is 54.6 Å². The molecule has 31 heavy (non-hydrogen) atoms. The predicted octanol–water partition coefficient (Wildman–Crippen LogP) is 3.16. The van der Waals surface area contributed by atoms with E-state index >= 15 is 0 Å². The Kier molecular flexibility index (Phi) is 5.32. The standard InChI is InChI=1S/C24H18N2O5/c1-26-23(29)19-12-9-17(13-20(19)24(26)30)25-21(27)14-31-18-10-7-16(8-11-18)22(28)15-5-3-2-4-6-15/h2-13H,14H2,1H3,(H,25,27). The molecule has 154 valence electrons. The number of amides is 3. The van der Waals surface area contributed by atoms with E-state index < -0.39 is 11.8 Å². The van der Waals surface area contributed by atoms with Crippen LogP contribution < -0.4 is 10.1 Å². The van der Waals surface area contributed by atoms with E-state index in [0.717, 1.165) is 4.90 Å². The molecule has 1 aliphatic heterocycles. The lowest BCUT2D eigenvalue weighted by molar-refractivity contribution is -0.118. The van der Waals surface area contributed by atoms with Gasteiger partial charge in [-0.25, -0.2) is 0 Å². The third-order valence-electron chi connectivity index (χ3n) is 4.90. The van der Waals surface area contributed by atoms with Crippen molar-refractivity contribution < 1.29 is 23.9 Å². The smallest absolute Gasteiger partial charge is 0.262 e. The molecule has 0 aliphatic carbocycles. The Morgan fingerprint density at radius 3 is 2.19 bits per heavy atom.